The highest BCUT2D eigenvalue weighted by atomic mass is 32.1. The number of carbonyl (C=O) groups excluding carboxylic acids is 2. The molecule has 1 aromatic carbocycles. The summed E-state index contributed by atoms with van der Waals surface area (Å²) >= 11 is 1.38. The molecule has 2 aromatic rings. The summed E-state index contributed by atoms with van der Waals surface area (Å²) in [7, 11) is 0. The fraction of sp³-hybridized carbons (Fsp3) is 0.353. The van der Waals surface area contributed by atoms with Gasteiger partial charge in [0.05, 0.1) is 5.69 Å². The number of rotatable bonds is 2. The van der Waals surface area contributed by atoms with Gasteiger partial charge in [0.2, 0.25) is 0 Å². The second kappa shape index (κ2) is 7.00. The van der Waals surface area contributed by atoms with Crippen molar-refractivity contribution in [2.45, 2.75) is 13.8 Å². The lowest BCUT2D eigenvalue weighted by atomic mass is 10.2. The number of benzene rings is 1. The molecule has 1 N–H and O–H groups in total. The zero-order valence-electron chi connectivity index (χ0n) is 13.8. The van der Waals surface area contributed by atoms with E-state index >= 15 is 0 Å². The second-order valence-corrected chi connectivity index (χ2v) is 6.93. The third-order valence-corrected chi connectivity index (χ3v) is 5.12. The Bertz CT molecular complexity index is 717. The first kappa shape index (κ1) is 16.4. The number of hydrogen-bond acceptors (Lipinski definition) is 5. The van der Waals surface area contributed by atoms with E-state index in [0.717, 1.165) is 29.3 Å². The predicted molar refractivity (Wildman–Crippen MR) is 95.5 cm³/mol. The second-order valence-electron chi connectivity index (χ2n) is 5.73. The first-order valence-corrected chi connectivity index (χ1v) is 8.70. The SMILES string of the molecule is Cc1nc(NC(=O)C(=O)N2CCN(c3ccccc3)CC2)sc1C. The quantitative estimate of drug-likeness (QED) is 0.847. The lowest BCUT2D eigenvalue weighted by Gasteiger charge is -2.35. The highest BCUT2D eigenvalue weighted by Gasteiger charge is 2.26. The summed E-state index contributed by atoms with van der Waals surface area (Å²) in [6.45, 7) is 6.34. The number of amides is 2. The first-order valence-electron chi connectivity index (χ1n) is 7.89. The Morgan fingerprint density at radius 1 is 1.08 bits per heavy atom. The summed E-state index contributed by atoms with van der Waals surface area (Å²) in [5.41, 5.74) is 2.02. The van der Waals surface area contributed by atoms with Gasteiger partial charge in [-0.2, -0.15) is 0 Å². The van der Waals surface area contributed by atoms with Gasteiger partial charge in [-0.05, 0) is 26.0 Å². The van der Waals surface area contributed by atoms with Crippen molar-refractivity contribution in [3.63, 3.8) is 0 Å². The zero-order valence-corrected chi connectivity index (χ0v) is 14.6. The van der Waals surface area contributed by atoms with E-state index in [4.69, 9.17) is 0 Å². The molecule has 126 valence electrons. The van der Waals surface area contributed by atoms with E-state index < -0.39 is 11.8 Å². The van der Waals surface area contributed by atoms with Crippen LogP contribution in [0.1, 0.15) is 10.6 Å². The van der Waals surface area contributed by atoms with Crippen molar-refractivity contribution in [1.82, 2.24) is 9.88 Å². The Hall–Kier alpha value is -2.41. The Balaban J connectivity index is 1.55. The molecule has 1 aliphatic rings. The average molecular weight is 344 g/mol. The molecular weight excluding hydrogens is 324 g/mol. The lowest BCUT2D eigenvalue weighted by molar-refractivity contribution is -0.143. The number of anilines is 2. The largest absolute Gasteiger partial charge is 0.368 e. The van der Waals surface area contributed by atoms with Crippen LogP contribution in [0.25, 0.3) is 0 Å². The number of thiazole rings is 1. The van der Waals surface area contributed by atoms with Gasteiger partial charge in [0.1, 0.15) is 0 Å². The molecule has 2 amide bonds. The molecule has 0 spiro atoms. The maximum absolute atomic E-state index is 12.3. The van der Waals surface area contributed by atoms with Gasteiger partial charge >= 0.3 is 11.8 Å². The van der Waals surface area contributed by atoms with Crippen LogP contribution in [0.5, 0.6) is 0 Å². The van der Waals surface area contributed by atoms with Gasteiger partial charge in [-0.15, -0.1) is 11.3 Å². The van der Waals surface area contributed by atoms with E-state index in [-0.39, 0.29) is 0 Å². The van der Waals surface area contributed by atoms with Crippen molar-refractivity contribution in [2.75, 3.05) is 36.4 Å². The molecule has 1 aromatic heterocycles. The van der Waals surface area contributed by atoms with Crippen molar-refractivity contribution in [3.8, 4) is 0 Å². The number of piperazine rings is 1. The van der Waals surface area contributed by atoms with Crippen LogP contribution in [-0.4, -0.2) is 47.9 Å². The lowest BCUT2D eigenvalue weighted by Crippen LogP contribution is -2.51. The van der Waals surface area contributed by atoms with Crippen LogP contribution in [0.2, 0.25) is 0 Å². The highest BCUT2D eigenvalue weighted by Crippen LogP contribution is 2.21. The zero-order chi connectivity index (χ0) is 17.1. The van der Waals surface area contributed by atoms with E-state index in [0.29, 0.717) is 18.2 Å². The normalized spacial score (nSPS) is 14.6. The van der Waals surface area contributed by atoms with Crippen LogP contribution in [0.3, 0.4) is 0 Å². The van der Waals surface area contributed by atoms with Crippen molar-refractivity contribution >= 4 is 34.0 Å². The Kier molecular flexibility index (Phi) is 4.80. The summed E-state index contributed by atoms with van der Waals surface area (Å²) in [6, 6.07) is 10.1. The molecule has 0 atom stereocenters. The molecular formula is C17H20N4O2S. The molecule has 0 radical (unpaired) electrons. The number of aromatic nitrogens is 1. The van der Waals surface area contributed by atoms with Crippen LogP contribution in [0.15, 0.2) is 30.3 Å². The molecule has 0 unspecified atom stereocenters. The van der Waals surface area contributed by atoms with Crippen molar-refractivity contribution in [1.29, 1.82) is 0 Å². The van der Waals surface area contributed by atoms with Crippen molar-refractivity contribution in [3.05, 3.63) is 40.9 Å². The molecule has 1 saturated heterocycles. The number of hydrogen-bond donors (Lipinski definition) is 1. The molecule has 6 nitrogen and oxygen atoms in total. The van der Waals surface area contributed by atoms with Crippen molar-refractivity contribution < 1.29 is 9.59 Å². The molecule has 1 fully saturated rings. The number of aryl methyl sites for hydroxylation is 2. The van der Waals surface area contributed by atoms with Crippen LogP contribution < -0.4 is 10.2 Å². The minimum atomic E-state index is -0.614. The van der Waals surface area contributed by atoms with E-state index in [9.17, 15) is 9.59 Å². The topological polar surface area (TPSA) is 65.5 Å². The maximum atomic E-state index is 12.3. The minimum Gasteiger partial charge on any atom is -0.368 e. The third-order valence-electron chi connectivity index (χ3n) is 4.13. The maximum Gasteiger partial charge on any atom is 0.315 e. The van der Waals surface area contributed by atoms with Gasteiger partial charge in [-0.1, -0.05) is 18.2 Å². The molecule has 0 saturated carbocycles. The molecule has 24 heavy (non-hydrogen) atoms. The van der Waals surface area contributed by atoms with Crippen LogP contribution >= 0.6 is 11.3 Å². The van der Waals surface area contributed by atoms with Crippen molar-refractivity contribution in [2.24, 2.45) is 0 Å². The number of carbonyl (C=O) groups is 2. The van der Waals surface area contributed by atoms with Gasteiger partial charge in [-0.25, -0.2) is 4.98 Å². The Morgan fingerprint density at radius 3 is 2.33 bits per heavy atom. The summed E-state index contributed by atoms with van der Waals surface area (Å²) in [4.78, 5) is 33.5. The monoisotopic (exact) mass is 344 g/mol. The number of para-hydroxylation sites is 1. The van der Waals surface area contributed by atoms with Gasteiger partial charge < -0.3 is 9.80 Å². The number of nitrogens with zero attached hydrogens (tertiary/aromatic N) is 3. The first-order chi connectivity index (χ1) is 11.5. The van der Waals surface area contributed by atoms with Crippen LogP contribution in [0.4, 0.5) is 10.8 Å². The standard InChI is InChI=1S/C17H20N4O2S/c1-12-13(2)24-17(18-12)19-15(22)16(23)21-10-8-20(9-11-21)14-6-4-3-5-7-14/h3-7H,8-11H2,1-2H3,(H,18,19,22). The molecule has 3 rings (SSSR count). The molecule has 7 heteroatoms. The summed E-state index contributed by atoms with van der Waals surface area (Å²) in [5, 5.41) is 3.09. The summed E-state index contributed by atoms with van der Waals surface area (Å²) < 4.78 is 0. The highest BCUT2D eigenvalue weighted by molar-refractivity contribution is 7.15. The molecule has 2 heterocycles. The van der Waals surface area contributed by atoms with E-state index in [2.05, 4.69) is 27.3 Å². The van der Waals surface area contributed by atoms with Gasteiger partial charge in [-0.3, -0.25) is 14.9 Å². The average Bonchev–Trinajstić information content (AvgIpc) is 2.92. The summed E-state index contributed by atoms with van der Waals surface area (Å²) in [5.74, 6) is -1.11. The van der Waals surface area contributed by atoms with Gasteiger partial charge in [0, 0.05) is 36.7 Å². The van der Waals surface area contributed by atoms with Crippen LogP contribution in [0, 0.1) is 13.8 Å². The van der Waals surface area contributed by atoms with E-state index in [1.54, 1.807) is 4.90 Å². The van der Waals surface area contributed by atoms with E-state index in [1.807, 2.05) is 32.0 Å². The van der Waals surface area contributed by atoms with E-state index in [1.165, 1.54) is 11.3 Å². The van der Waals surface area contributed by atoms with Crippen LogP contribution in [-0.2, 0) is 9.59 Å². The Morgan fingerprint density at radius 2 is 1.75 bits per heavy atom. The molecule has 0 bridgehead atoms. The van der Waals surface area contributed by atoms with Gasteiger partial charge in [0.15, 0.2) is 5.13 Å². The summed E-state index contributed by atoms with van der Waals surface area (Å²) in [6.07, 6.45) is 0. The number of nitrogens with one attached hydrogen (secondary N) is 1. The predicted octanol–water partition coefficient (Wildman–Crippen LogP) is 2.05. The fourth-order valence-electron chi connectivity index (χ4n) is 2.63. The minimum absolute atomic E-state index is 0.478. The fourth-order valence-corrected chi connectivity index (χ4v) is 3.44. The molecule has 0 aliphatic carbocycles. The molecule has 1 aliphatic heterocycles. The third kappa shape index (κ3) is 3.56. The van der Waals surface area contributed by atoms with Gasteiger partial charge in [0.25, 0.3) is 0 Å². The smallest absolute Gasteiger partial charge is 0.315 e. The Labute approximate surface area is 145 Å².